The molecular weight excluding hydrogens is 258 g/mol. The van der Waals surface area contributed by atoms with Crippen molar-refractivity contribution in [2.45, 2.75) is 19.3 Å². The Morgan fingerprint density at radius 3 is 2.35 bits per heavy atom. The lowest BCUT2D eigenvalue weighted by molar-refractivity contribution is -0.133. The van der Waals surface area contributed by atoms with Crippen molar-refractivity contribution in [1.29, 1.82) is 0 Å². The lowest BCUT2D eigenvalue weighted by atomic mass is 9.97. The Morgan fingerprint density at radius 2 is 1.75 bits per heavy atom. The topological polar surface area (TPSA) is 86.6 Å². The highest BCUT2D eigenvalue weighted by molar-refractivity contribution is 5.94. The molecule has 1 heterocycles. The number of carboxylic acid groups (broad SMARTS) is 2. The summed E-state index contributed by atoms with van der Waals surface area (Å²) < 4.78 is 0. The van der Waals surface area contributed by atoms with Crippen molar-refractivity contribution < 1.29 is 19.8 Å². The van der Waals surface area contributed by atoms with Gasteiger partial charge in [-0.2, -0.15) is 0 Å². The second-order valence-corrected chi connectivity index (χ2v) is 4.54. The number of aryl methyl sites for hydroxylation is 1. The van der Waals surface area contributed by atoms with E-state index in [-0.39, 0.29) is 17.6 Å². The zero-order chi connectivity index (χ0) is 14.5. The SMILES string of the molecule is O=C(O)C1=CNC(CCc2ccccc2)=C(C(=O)O)C1. The van der Waals surface area contributed by atoms with Crippen molar-refractivity contribution in [3.8, 4) is 0 Å². The van der Waals surface area contributed by atoms with Gasteiger partial charge in [0, 0.05) is 18.3 Å². The van der Waals surface area contributed by atoms with Gasteiger partial charge >= 0.3 is 11.9 Å². The number of hydrogen-bond donors (Lipinski definition) is 3. The highest BCUT2D eigenvalue weighted by Gasteiger charge is 2.22. The lowest BCUT2D eigenvalue weighted by Crippen LogP contribution is -2.22. The minimum atomic E-state index is -1.10. The van der Waals surface area contributed by atoms with E-state index in [9.17, 15) is 14.7 Å². The summed E-state index contributed by atoms with van der Waals surface area (Å²) >= 11 is 0. The molecule has 2 rings (SSSR count). The maximum atomic E-state index is 11.2. The number of carboxylic acids is 2. The fraction of sp³-hybridized carbons (Fsp3) is 0.200. The molecular formula is C15H15NO4. The standard InChI is InChI=1S/C15H15NO4/c17-14(18)11-8-12(15(19)20)13(16-9-11)7-6-10-4-2-1-3-5-10/h1-5,9,16H,6-8H2,(H,17,18)(H,19,20). The lowest BCUT2D eigenvalue weighted by Gasteiger charge is -2.18. The Hall–Kier alpha value is -2.56. The van der Waals surface area contributed by atoms with Crippen molar-refractivity contribution in [1.82, 2.24) is 5.32 Å². The fourth-order valence-electron chi connectivity index (χ4n) is 2.09. The third-order valence-corrected chi connectivity index (χ3v) is 3.19. The molecule has 5 nitrogen and oxygen atoms in total. The van der Waals surface area contributed by atoms with Gasteiger partial charge in [-0.3, -0.25) is 0 Å². The quantitative estimate of drug-likeness (QED) is 0.763. The number of dihydropyridines is 1. The van der Waals surface area contributed by atoms with E-state index in [0.29, 0.717) is 18.5 Å². The van der Waals surface area contributed by atoms with E-state index in [1.165, 1.54) is 6.20 Å². The molecule has 20 heavy (non-hydrogen) atoms. The molecule has 0 fully saturated rings. The summed E-state index contributed by atoms with van der Waals surface area (Å²) in [6.07, 6.45) is 2.56. The molecule has 0 radical (unpaired) electrons. The maximum Gasteiger partial charge on any atom is 0.333 e. The molecule has 0 spiro atoms. The second-order valence-electron chi connectivity index (χ2n) is 4.54. The van der Waals surface area contributed by atoms with Gasteiger partial charge in [0.25, 0.3) is 0 Å². The molecule has 1 aromatic carbocycles. The molecule has 0 aliphatic carbocycles. The van der Waals surface area contributed by atoms with Crippen LogP contribution in [0.25, 0.3) is 0 Å². The van der Waals surface area contributed by atoms with Gasteiger partial charge < -0.3 is 15.5 Å². The van der Waals surface area contributed by atoms with E-state index in [1.807, 2.05) is 30.3 Å². The first-order valence-corrected chi connectivity index (χ1v) is 6.26. The van der Waals surface area contributed by atoms with Crippen LogP contribution < -0.4 is 5.32 Å². The van der Waals surface area contributed by atoms with Crippen LogP contribution >= 0.6 is 0 Å². The van der Waals surface area contributed by atoms with Crippen LogP contribution in [0, 0.1) is 0 Å². The summed E-state index contributed by atoms with van der Waals surface area (Å²) in [5.74, 6) is -2.18. The Bertz CT molecular complexity index is 587. The van der Waals surface area contributed by atoms with Crippen LogP contribution in [0.4, 0.5) is 0 Å². The van der Waals surface area contributed by atoms with Crippen LogP contribution in [0.3, 0.4) is 0 Å². The zero-order valence-electron chi connectivity index (χ0n) is 10.8. The van der Waals surface area contributed by atoms with Crippen molar-refractivity contribution in [2.24, 2.45) is 0 Å². The highest BCUT2D eigenvalue weighted by atomic mass is 16.4. The average molecular weight is 273 g/mol. The van der Waals surface area contributed by atoms with Gasteiger partial charge in [-0.15, -0.1) is 0 Å². The Balaban J connectivity index is 2.10. The summed E-state index contributed by atoms with van der Waals surface area (Å²) in [7, 11) is 0. The number of aliphatic carboxylic acids is 2. The molecule has 0 amide bonds. The third kappa shape index (κ3) is 3.26. The van der Waals surface area contributed by atoms with E-state index >= 15 is 0 Å². The minimum absolute atomic E-state index is 0.0538. The van der Waals surface area contributed by atoms with Gasteiger partial charge in [0.1, 0.15) is 0 Å². The van der Waals surface area contributed by atoms with Crippen LogP contribution in [0.5, 0.6) is 0 Å². The molecule has 0 saturated carbocycles. The number of hydrogen-bond acceptors (Lipinski definition) is 3. The fourth-order valence-corrected chi connectivity index (χ4v) is 2.09. The summed E-state index contributed by atoms with van der Waals surface area (Å²) in [6.45, 7) is 0. The van der Waals surface area contributed by atoms with Gasteiger partial charge in [0.15, 0.2) is 0 Å². The number of benzene rings is 1. The largest absolute Gasteiger partial charge is 0.478 e. The highest BCUT2D eigenvalue weighted by Crippen LogP contribution is 2.22. The molecule has 104 valence electrons. The zero-order valence-corrected chi connectivity index (χ0v) is 10.8. The maximum absolute atomic E-state index is 11.2. The number of allylic oxidation sites excluding steroid dienone is 1. The van der Waals surface area contributed by atoms with Crippen LogP contribution in [0.1, 0.15) is 18.4 Å². The number of rotatable bonds is 5. The second kappa shape index (κ2) is 6.06. The van der Waals surface area contributed by atoms with E-state index in [2.05, 4.69) is 5.32 Å². The Kier molecular flexibility index (Phi) is 4.20. The normalized spacial score (nSPS) is 14.5. The van der Waals surface area contributed by atoms with Gasteiger partial charge in [0.05, 0.1) is 11.1 Å². The number of carbonyl (C=O) groups is 2. The monoisotopic (exact) mass is 273 g/mol. The van der Waals surface area contributed by atoms with E-state index in [4.69, 9.17) is 5.11 Å². The van der Waals surface area contributed by atoms with Crippen LogP contribution in [-0.4, -0.2) is 22.2 Å². The van der Waals surface area contributed by atoms with Crippen molar-refractivity contribution in [3.63, 3.8) is 0 Å². The molecule has 5 heteroatoms. The third-order valence-electron chi connectivity index (χ3n) is 3.19. The Labute approximate surface area is 116 Å². The van der Waals surface area contributed by atoms with E-state index in [0.717, 1.165) is 5.56 Å². The van der Waals surface area contributed by atoms with Crippen LogP contribution in [-0.2, 0) is 16.0 Å². The summed E-state index contributed by atoms with van der Waals surface area (Å²) in [5, 5.41) is 20.9. The molecule has 1 aliphatic heterocycles. The number of nitrogens with one attached hydrogen (secondary N) is 1. The van der Waals surface area contributed by atoms with Crippen LogP contribution in [0.15, 0.2) is 53.4 Å². The van der Waals surface area contributed by atoms with Gasteiger partial charge in [-0.25, -0.2) is 9.59 Å². The first-order chi connectivity index (χ1) is 9.58. The van der Waals surface area contributed by atoms with Crippen molar-refractivity contribution >= 4 is 11.9 Å². The molecule has 0 saturated heterocycles. The van der Waals surface area contributed by atoms with Gasteiger partial charge in [-0.05, 0) is 18.4 Å². The molecule has 0 aromatic heterocycles. The molecule has 1 aliphatic rings. The summed E-state index contributed by atoms with van der Waals surface area (Å²) in [6, 6.07) is 9.73. The van der Waals surface area contributed by atoms with Gasteiger partial charge in [0.2, 0.25) is 0 Å². The Morgan fingerprint density at radius 1 is 1.05 bits per heavy atom. The predicted molar refractivity (Wildman–Crippen MR) is 72.9 cm³/mol. The smallest absolute Gasteiger partial charge is 0.333 e. The summed E-state index contributed by atoms with van der Waals surface area (Å²) in [5.41, 5.74) is 1.87. The molecule has 0 unspecified atom stereocenters. The minimum Gasteiger partial charge on any atom is -0.478 e. The molecule has 0 atom stereocenters. The van der Waals surface area contributed by atoms with Crippen molar-refractivity contribution in [3.05, 3.63) is 58.9 Å². The first kappa shape index (κ1) is 13.9. The molecule has 0 bridgehead atoms. The van der Waals surface area contributed by atoms with E-state index < -0.39 is 11.9 Å². The van der Waals surface area contributed by atoms with Crippen molar-refractivity contribution in [2.75, 3.05) is 0 Å². The van der Waals surface area contributed by atoms with Gasteiger partial charge in [-0.1, -0.05) is 30.3 Å². The van der Waals surface area contributed by atoms with Crippen LogP contribution in [0.2, 0.25) is 0 Å². The average Bonchev–Trinajstić information content (AvgIpc) is 2.45. The van der Waals surface area contributed by atoms with E-state index in [1.54, 1.807) is 0 Å². The summed E-state index contributed by atoms with van der Waals surface area (Å²) in [4.78, 5) is 22.1. The molecule has 3 N–H and O–H groups in total. The predicted octanol–water partition coefficient (Wildman–Crippen LogP) is 1.92. The molecule has 1 aromatic rings. The first-order valence-electron chi connectivity index (χ1n) is 6.26.